The van der Waals surface area contributed by atoms with Crippen molar-refractivity contribution in [3.63, 3.8) is 0 Å². The summed E-state index contributed by atoms with van der Waals surface area (Å²) in [6.45, 7) is 0.124. The molecule has 2 aromatic rings. The van der Waals surface area contributed by atoms with Gasteiger partial charge in [0.15, 0.2) is 11.5 Å². The van der Waals surface area contributed by atoms with Gasteiger partial charge in [0.05, 0.1) is 13.3 Å². The number of methoxy groups -OCH3 is 1. The van der Waals surface area contributed by atoms with E-state index >= 15 is 0 Å². The number of ether oxygens (including phenoxy) is 3. The lowest BCUT2D eigenvalue weighted by molar-refractivity contribution is -0.130. The molecule has 1 N–H and O–H groups in total. The molecule has 6 nitrogen and oxygen atoms in total. The van der Waals surface area contributed by atoms with E-state index in [0.717, 1.165) is 0 Å². The van der Waals surface area contributed by atoms with Crippen LogP contribution in [0.1, 0.15) is 5.56 Å². The number of halogens is 1. The summed E-state index contributed by atoms with van der Waals surface area (Å²) in [7, 11) is 1.55. The van der Waals surface area contributed by atoms with Gasteiger partial charge in [-0.25, -0.2) is 5.43 Å². The lowest BCUT2D eigenvalue weighted by atomic mass is 10.2. The van der Waals surface area contributed by atoms with E-state index in [1.165, 1.54) is 6.21 Å². The maximum Gasteiger partial charge on any atom is 0.284 e. The van der Waals surface area contributed by atoms with Gasteiger partial charge in [0.2, 0.25) is 6.10 Å². The number of rotatable bonds is 4. The Hall–Kier alpha value is -2.73. The summed E-state index contributed by atoms with van der Waals surface area (Å²) in [4.78, 5) is 12.1. The third-order valence-electron chi connectivity index (χ3n) is 3.37. The van der Waals surface area contributed by atoms with Gasteiger partial charge in [-0.3, -0.25) is 4.79 Å². The first kappa shape index (κ1) is 16.1. The van der Waals surface area contributed by atoms with Crippen LogP contribution >= 0.6 is 11.6 Å². The van der Waals surface area contributed by atoms with Gasteiger partial charge < -0.3 is 14.2 Å². The number of hydrogen-bond acceptors (Lipinski definition) is 5. The van der Waals surface area contributed by atoms with E-state index in [1.807, 2.05) is 12.1 Å². The van der Waals surface area contributed by atoms with Crippen molar-refractivity contribution >= 4 is 23.7 Å². The molecule has 0 fully saturated rings. The zero-order valence-corrected chi connectivity index (χ0v) is 13.6. The van der Waals surface area contributed by atoms with E-state index in [2.05, 4.69) is 10.5 Å². The molecule has 24 heavy (non-hydrogen) atoms. The van der Waals surface area contributed by atoms with Crippen LogP contribution in [-0.4, -0.2) is 31.9 Å². The van der Waals surface area contributed by atoms with Gasteiger partial charge in [-0.2, -0.15) is 5.10 Å². The summed E-state index contributed by atoms with van der Waals surface area (Å²) in [5.41, 5.74) is 3.08. The molecule has 1 aliphatic heterocycles. The van der Waals surface area contributed by atoms with Gasteiger partial charge in [0.25, 0.3) is 5.91 Å². The molecule has 0 aliphatic carbocycles. The number of carbonyl (C=O) groups excluding carboxylic acids is 1. The number of nitrogens with zero attached hydrogens (tertiary/aromatic N) is 1. The van der Waals surface area contributed by atoms with Crippen molar-refractivity contribution in [2.45, 2.75) is 6.10 Å². The molecule has 1 atom stereocenters. The average Bonchev–Trinajstić information content (AvgIpc) is 2.61. The Balaban J connectivity index is 1.63. The SMILES string of the molecule is COc1ccc(Cl)cc1C=NNC(=O)[C@@H]1COc2ccccc2O1. The van der Waals surface area contributed by atoms with Gasteiger partial charge >= 0.3 is 0 Å². The Morgan fingerprint density at radius 1 is 1.33 bits per heavy atom. The first-order chi connectivity index (χ1) is 11.7. The molecule has 0 bridgehead atoms. The molecule has 7 heteroatoms. The van der Waals surface area contributed by atoms with Crippen LogP contribution in [0.15, 0.2) is 47.6 Å². The molecule has 0 saturated carbocycles. The second kappa shape index (κ2) is 7.23. The fraction of sp³-hybridized carbons (Fsp3) is 0.176. The molecule has 0 unspecified atom stereocenters. The molecule has 1 amide bonds. The summed E-state index contributed by atoms with van der Waals surface area (Å²) < 4.78 is 16.3. The molecule has 1 aliphatic rings. The Bertz CT molecular complexity index is 779. The molecule has 0 radical (unpaired) electrons. The van der Waals surface area contributed by atoms with E-state index in [4.69, 9.17) is 25.8 Å². The highest BCUT2D eigenvalue weighted by atomic mass is 35.5. The van der Waals surface area contributed by atoms with Gasteiger partial charge in [-0.1, -0.05) is 23.7 Å². The summed E-state index contributed by atoms with van der Waals surface area (Å²) in [5, 5.41) is 4.47. The van der Waals surface area contributed by atoms with Crippen molar-refractivity contribution in [1.29, 1.82) is 0 Å². The third kappa shape index (κ3) is 3.60. The zero-order valence-electron chi connectivity index (χ0n) is 12.9. The minimum atomic E-state index is -0.765. The Kier molecular flexibility index (Phi) is 4.86. The number of para-hydroxylation sites is 2. The van der Waals surface area contributed by atoms with Crippen molar-refractivity contribution in [2.24, 2.45) is 5.10 Å². The smallest absolute Gasteiger partial charge is 0.284 e. The normalized spacial score (nSPS) is 16.0. The van der Waals surface area contributed by atoms with Crippen molar-refractivity contribution in [1.82, 2.24) is 5.43 Å². The van der Waals surface area contributed by atoms with Crippen LogP contribution in [0.4, 0.5) is 0 Å². The fourth-order valence-corrected chi connectivity index (χ4v) is 2.37. The minimum absolute atomic E-state index is 0.124. The zero-order chi connectivity index (χ0) is 16.9. The van der Waals surface area contributed by atoms with Crippen molar-refractivity contribution in [2.75, 3.05) is 13.7 Å². The number of fused-ring (bicyclic) bond motifs is 1. The number of hydrogen-bond donors (Lipinski definition) is 1. The second-order valence-corrected chi connectivity index (χ2v) is 5.42. The molecular formula is C17H15ClN2O4. The van der Waals surface area contributed by atoms with Crippen molar-refractivity contribution < 1.29 is 19.0 Å². The van der Waals surface area contributed by atoms with Crippen LogP contribution in [0.25, 0.3) is 0 Å². The fourth-order valence-electron chi connectivity index (χ4n) is 2.19. The maximum atomic E-state index is 12.1. The quantitative estimate of drug-likeness (QED) is 0.682. The lowest BCUT2D eigenvalue weighted by Crippen LogP contribution is -2.42. The largest absolute Gasteiger partial charge is 0.496 e. The predicted octanol–water partition coefficient (Wildman–Crippen LogP) is 2.64. The summed E-state index contributed by atoms with van der Waals surface area (Å²) >= 11 is 5.94. The average molecular weight is 347 g/mol. The molecular weight excluding hydrogens is 332 g/mol. The molecule has 3 rings (SSSR count). The molecule has 2 aromatic carbocycles. The van der Waals surface area contributed by atoms with Crippen LogP contribution < -0.4 is 19.6 Å². The van der Waals surface area contributed by atoms with Crippen molar-refractivity contribution in [3.05, 3.63) is 53.1 Å². The number of benzene rings is 2. The highest BCUT2D eigenvalue weighted by Crippen LogP contribution is 2.30. The van der Waals surface area contributed by atoms with Crippen LogP contribution in [-0.2, 0) is 4.79 Å². The summed E-state index contributed by atoms with van der Waals surface area (Å²) in [6, 6.07) is 12.3. The van der Waals surface area contributed by atoms with Crippen LogP contribution in [0.5, 0.6) is 17.2 Å². The summed E-state index contributed by atoms with van der Waals surface area (Å²) in [6.07, 6.45) is 0.693. The Morgan fingerprint density at radius 3 is 2.92 bits per heavy atom. The molecule has 0 saturated heterocycles. The van der Waals surface area contributed by atoms with Crippen LogP contribution in [0.3, 0.4) is 0 Å². The number of hydrazone groups is 1. The van der Waals surface area contributed by atoms with E-state index in [9.17, 15) is 4.79 Å². The van der Waals surface area contributed by atoms with E-state index in [1.54, 1.807) is 37.4 Å². The van der Waals surface area contributed by atoms with Gasteiger partial charge in [0, 0.05) is 10.6 Å². The van der Waals surface area contributed by atoms with Gasteiger partial charge in [0.1, 0.15) is 12.4 Å². The van der Waals surface area contributed by atoms with Crippen LogP contribution in [0.2, 0.25) is 5.02 Å². The van der Waals surface area contributed by atoms with E-state index in [-0.39, 0.29) is 6.61 Å². The Morgan fingerprint density at radius 2 is 2.12 bits per heavy atom. The first-order valence-corrected chi connectivity index (χ1v) is 7.60. The minimum Gasteiger partial charge on any atom is -0.496 e. The van der Waals surface area contributed by atoms with E-state index in [0.29, 0.717) is 27.8 Å². The topological polar surface area (TPSA) is 69.2 Å². The number of carbonyl (C=O) groups is 1. The molecule has 0 spiro atoms. The van der Waals surface area contributed by atoms with Crippen LogP contribution in [0, 0.1) is 0 Å². The standard InChI is InChI=1S/C17H15ClN2O4/c1-22-13-7-6-12(18)8-11(13)9-19-20-17(21)16-10-23-14-4-2-3-5-15(14)24-16/h2-9,16H,10H2,1H3,(H,20,21)/t16-/m0/s1. The number of nitrogens with one attached hydrogen (secondary N) is 1. The van der Waals surface area contributed by atoms with Gasteiger partial charge in [-0.15, -0.1) is 0 Å². The van der Waals surface area contributed by atoms with Crippen molar-refractivity contribution in [3.8, 4) is 17.2 Å². The molecule has 0 aromatic heterocycles. The highest BCUT2D eigenvalue weighted by Gasteiger charge is 2.26. The maximum absolute atomic E-state index is 12.1. The lowest BCUT2D eigenvalue weighted by Gasteiger charge is -2.24. The monoisotopic (exact) mass is 346 g/mol. The predicted molar refractivity (Wildman–Crippen MR) is 90.1 cm³/mol. The summed E-state index contributed by atoms with van der Waals surface area (Å²) in [5.74, 6) is 1.35. The van der Waals surface area contributed by atoms with E-state index < -0.39 is 12.0 Å². The first-order valence-electron chi connectivity index (χ1n) is 7.22. The third-order valence-corrected chi connectivity index (χ3v) is 3.61. The Labute approximate surface area is 144 Å². The molecule has 1 heterocycles. The number of amides is 1. The highest BCUT2D eigenvalue weighted by molar-refractivity contribution is 6.30. The second-order valence-electron chi connectivity index (χ2n) is 4.98. The van der Waals surface area contributed by atoms with Gasteiger partial charge in [-0.05, 0) is 30.3 Å². The molecule has 124 valence electrons.